The highest BCUT2D eigenvalue weighted by Gasteiger charge is 2.00. The molecule has 0 aliphatic rings. The maximum atomic E-state index is 11.0. The van der Waals surface area contributed by atoms with Crippen molar-refractivity contribution in [2.45, 2.75) is 40.5 Å². The average Bonchev–Trinajstić information content (AvgIpc) is 2.48. The Labute approximate surface area is 163 Å². The largest absolute Gasteiger partial charge is 0.357 e. The number of rotatable bonds is 8. The second kappa shape index (κ2) is 13.0. The molecular formula is C18H31IN4O. The van der Waals surface area contributed by atoms with Crippen LogP contribution in [0.3, 0.4) is 0 Å². The Bertz CT molecular complexity index is 500. The summed E-state index contributed by atoms with van der Waals surface area (Å²) >= 11 is 0. The Kier molecular flexibility index (Phi) is 12.3. The van der Waals surface area contributed by atoms with Crippen LogP contribution in [0.15, 0.2) is 29.3 Å². The average molecular weight is 446 g/mol. The molecule has 3 N–H and O–H groups in total. The highest BCUT2D eigenvalue weighted by Crippen LogP contribution is 2.09. The second-order valence-electron chi connectivity index (χ2n) is 6.00. The lowest BCUT2D eigenvalue weighted by Gasteiger charge is -2.12. The van der Waals surface area contributed by atoms with Crippen LogP contribution in [0.2, 0.25) is 0 Å². The molecule has 1 rings (SSSR count). The highest BCUT2D eigenvalue weighted by molar-refractivity contribution is 14.0. The van der Waals surface area contributed by atoms with Crippen molar-refractivity contribution >= 4 is 41.5 Å². The zero-order valence-corrected chi connectivity index (χ0v) is 17.5. The summed E-state index contributed by atoms with van der Waals surface area (Å²) in [6.07, 6.45) is 2.01. The van der Waals surface area contributed by atoms with Crippen LogP contribution < -0.4 is 16.0 Å². The van der Waals surface area contributed by atoms with Crippen LogP contribution >= 0.6 is 24.0 Å². The van der Waals surface area contributed by atoms with Gasteiger partial charge in [0.1, 0.15) is 0 Å². The van der Waals surface area contributed by atoms with E-state index in [-0.39, 0.29) is 29.9 Å². The molecule has 0 saturated carbocycles. The minimum absolute atomic E-state index is 0. The van der Waals surface area contributed by atoms with Crippen LogP contribution in [0.5, 0.6) is 0 Å². The predicted octanol–water partition coefficient (Wildman–Crippen LogP) is 3.41. The number of anilines is 1. The van der Waals surface area contributed by atoms with Crippen molar-refractivity contribution in [3.05, 3.63) is 29.8 Å². The van der Waals surface area contributed by atoms with Gasteiger partial charge in [-0.05, 0) is 43.4 Å². The molecule has 0 fully saturated rings. The van der Waals surface area contributed by atoms with E-state index in [4.69, 9.17) is 0 Å². The number of carbonyl (C=O) groups excluding carboxylic acids is 1. The van der Waals surface area contributed by atoms with Gasteiger partial charge >= 0.3 is 0 Å². The molecule has 0 saturated heterocycles. The van der Waals surface area contributed by atoms with Crippen LogP contribution in [0, 0.1) is 5.92 Å². The first-order valence-electron chi connectivity index (χ1n) is 8.40. The fraction of sp³-hybridized carbons (Fsp3) is 0.556. The monoisotopic (exact) mass is 446 g/mol. The van der Waals surface area contributed by atoms with Gasteiger partial charge in [0.05, 0.1) is 0 Å². The van der Waals surface area contributed by atoms with E-state index in [1.54, 1.807) is 0 Å². The molecular weight excluding hydrogens is 415 g/mol. The van der Waals surface area contributed by atoms with Crippen LogP contribution in [0.4, 0.5) is 5.69 Å². The van der Waals surface area contributed by atoms with E-state index in [2.05, 4.69) is 41.7 Å². The summed E-state index contributed by atoms with van der Waals surface area (Å²) in [7, 11) is 0. The van der Waals surface area contributed by atoms with E-state index >= 15 is 0 Å². The second-order valence-corrected chi connectivity index (χ2v) is 6.00. The first kappa shape index (κ1) is 22.7. The summed E-state index contributed by atoms with van der Waals surface area (Å²) < 4.78 is 0. The lowest BCUT2D eigenvalue weighted by molar-refractivity contribution is -0.114. The number of hydrogen-bond donors (Lipinski definition) is 3. The van der Waals surface area contributed by atoms with E-state index < -0.39 is 0 Å². The molecule has 6 heteroatoms. The van der Waals surface area contributed by atoms with Crippen LogP contribution in [-0.2, 0) is 11.2 Å². The van der Waals surface area contributed by atoms with Crippen molar-refractivity contribution in [3.8, 4) is 0 Å². The standard InChI is InChI=1S/C18H30N4O.HI/c1-5-19-18(20-12-10-14(2)3)21-13-11-16-6-8-17(9-7-16)22-15(4)23;/h6-9,14H,5,10-13H2,1-4H3,(H,22,23)(H2,19,20,21);1H. The molecule has 0 unspecified atom stereocenters. The van der Waals surface area contributed by atoms with Crippen molar-refractivity contribution in [1.29, 1.82) is 0 Å². The molecule has 136 valence electrons. The number of guanidine groups is 1. The van der Waals surface area contributed by atoms with E-state index in [0.29, 0.717) is 5.92 Å². The molecule has 1 aromatic carbocycles. The zero-order valence-electron chi connectivity index (χ0n) is 15.2. The number of nitrogens with zero attached hydrogens (tertiary/aromatic N) is 1. The van der Waals surface area contributed by atoms with Gasteiger partial charge in [-0.3, -0.25) is 9.79 Å². The summed E-state index contributed by atoms with van der Waals surface area (Å²) in [4.78, 5) is 15.6. The molecule has 1 amide bonds. The van der Waals surface area contributed by atoms with Gasteiger partial charge in [0.15, 0.2) is 5.96 Å². The molecule has 0 aromatic heterocycles. The Morgan fingerprint density at radius 2 is 1.83 bits per heavy atom. The summed E-state index contributed by atoms with van der Waals surface area (Å²) in [5.74, 6) is 1.50. The fourth-order valence-corrected chi connectivity index (χ4v) is 2.06. The third kappa shape index (κ3) is 10.5. The fourth-order valence-electron chi connectivity index (χ4n) is 2.06. The van der Waals surface area contributed by atoms with Gasteiger partial charge in [-0.15, -0.1) is 24.0 Å². The first-order chi connectivity index (χ1) is 11.0. The topological polar surface area (TPSA) is 65.5 Å². The molecule has 0 spiro atoms. The van der Waals surface area contributed by atoms with Crippen molar-refractivity contribution in [1.82, 2.24) is 10.6 Å². The molecule has 5 nitrogen and oxygen atoms in total. The summed E-state index contributed by atoms with van der Waals surface area (Å²) in [5, 5.41) is 9.40. The molecule has 0 heterocycles. The summed E-state index contributed by atoms with van der Waals surface area (Å²) in [6, 6.07) is 7.93. The van der Waals surface area contributed by atoms with Gasteiger partial charge < -0.3 is 16.0 Å². The van der Waals surface area contributed by atoms with Crippen molar-refractivity contribution in [3.63, 3.8) is 0 Å². The van der Waals surface area contributed by atoms with Gasteiger partial charge in [-0.25, -0.2) is 0 Å². The number of aliphatic imine (C=N–C) groups is 1. The SMILES string of the molecule is CCNC(=NCCC(C)C)NCCc1ccc(NC(C)=O)cc1.I. The van der Waals surface area contributed by atoms with Crippen molar-refractivity contribution in [2.75, 3.05) is 25.0 Å². The molecule has 0 radical (unpaired) electrons. The molecule has 0 bridgehead atoms. The number of nitrogens with one attached hydrogen (secondary N) is 3. The number of hydrogen-bond acceptors (Lipinski definition) is 2. The normalized spacial score (nSPS) is 11.0. The Hall–Kier alpha value is -1.31. The molecule has 0 aliphatic heterocycles. The third-order valence-corrected chi connectivity index (χ3v) is 3.30. The lowest BCUT2D eigenvalue weighted by Crippen LogP contribution is -2.38. The van der Waals surface area contributed by atoms with Gasteiger partial charge in [-0.1, -0.05) is 26.0 Å². The minimum Gasteiger partial charge on any atom is -0.357 e. The zero-order chi connectivity index (χ0) is 17.1. The van der Waals surface area contributed by atoms with Gasteiger partial charge in [0.25, 0.3) is 0 Å². The van der Waals surface area contributed by atoms with Gasteiger partial charge in [0.2, 0.25) is 5.91 Å². The third-order valence-electron chi connectivity index (χ3n) is 3.30. The Morgan fingerprint density at radius 1 is 1.17 bits per heavy atom. The van der Waals surface area contributed by atoms with Crippen molar-refractivity contribution in [2.24, 2.45) is 10.9 Å². The smallest absolute Gasteiger partial charge is 0.221 e. The van der Waals surface area contributed by atoms with E-state index in [1.807, 2.05) is 24.3 Å². The number of halogens is 1. The van der Waals surface area contributed by atoms with E-state index in [1.165, 1.54) is 12.5 Å². The maximum Gasteiger partial charge on any atom is 0.221 e. The van der Waals surface area contributed by atoms with Crippen LogP contribution in [-0.4, -0.2) is 31.5 Å². The predicted molar refractivity (Wildman–Crippen MR) is 113 cm³/mol. The molecule has 0 atom stereocenters. The lowest BCUT2D eigenvalue weighted by atomic mass is 10.1. The van der Waals surface area contributed by atoms with Crippen molar-refractivity contribution < 1.29 is 4.79 Å². The van der Waals surface area contributed by atoms with Crippen LogP contribution in [0.1, 0.15) is 39.7 Å². The molecule has 24 heavy (non-hydrogen) atoms. The summed E-state index contributed by atoms with van der Waals surface area (Å²) in [6.45, 7) is 10.5. The van der Waals surface area contributed by atoms with Gasteiger partial charge in [0, 0.05) is 32.2 Å². The molecule has 1 aromatic rings. The van der Waals surface area contributed by atoms with E-state index in [9.17, 15) is 4.79 Å². The first-order valence-corrected chi connectivity index (χ1v) is 8.40. The minimum atomic E-state index is -0.0488. The number of benzene rings is 1. The Balaban J connectivity index is 0.00000529. The van der Waals surface area contributed by atoms with Gasteiger partial charge in [-0.2, -0.15) is 0 Å². The number of amides is 1. The molecule has 0 aliphatic carbocycles. The maximum absolute atomic E-state index is 11.0. The quantitative estimate of drug-likeness (QED) is 0.326. The number of carbonyl (C=O) groups is 1. The Morgan fingerprint density at radius 3 is 2.38 bits per heavy atom. The summed E-state index contributed by atoms with van der Waals surface area (Å²) in [5.41, 5.74) is 2.06. The highest BCUT2D eigenvalue weighted by atomic mass is 127. The van der Waals surface area contributed by atoms with Crippen LogP contribution in [0.25, 0.3) is 0 Å². The van der Waals surface area contributed by atoms with E-state index in [0.717, 1.165) is 44.1 Å².